The largest absolute Gasteiger partial charge is 0.504 e. The Labute approximate surface area is 156 Å². The van der Waals surface area contributed by atoms with Crippen LogP contribution in [0.25, 0.3) is 0 Å². The second kappa shape index (κ2) is 7.46. The first-order chi connectivity index (χ1) is 12.8. The number of nitrogens with one attached hydrogen (secondary N) is 2. The summed E-state index contributed by atoms with van der Waals surface area (Å²) < 4.78 is 27.4. The van der Waals surface area contributed by atoms with Crippen molar-refractivity contribution in [3.63, 3.8) is 0 Å². The van der Waals surface area contributed by atoms with E-state index in [-0.39, 0.29) is 22.0 Å². The molecule has 0 spiro atoms. The Morgan fingerprint density at radius 2 is 1.67 bits per heavy atom. The molecule has 27 heavy (non-hydrogen) atoms. The van der Waals surface area contributed by atoms with Crippen molar-refractivity contribution in [1.82, 2.24) is 4.98 Å². The van der Waals surface area contributed by atoms with Crippen LogP contribution in [0, 0.1) is 6.92 Å². The zero-order valence-corrected chi connectivity index (χ0v) is 15.2. The summed E-state index contributed by atoms with van der Waals surface area (Å²) in [5.74, 6) is -0.646. The average Bonchev–Trinajstić information content (AvgIpc) is 2.65. The number of benzene rings is 2. The van der Waals surface area contributed by atoms with Crippen LogP contribution in [0.1, 0.15) is 15.9 Å². The number of rotatable bonds is 5. The number of sulfonamides is 1. The highest BCUT2D eigenvalue weighted by Crippen LogP contribution is 2.20. The molecule has 3 N–H and O–H groups in total. The van der Waals surface area contributed by atoms with Crippen LogP contribution in [-0.4, -0.2) is 24.4 Å². The van der Waals surface area contributed by atoms with Gasteiger partial charge >= 0.3 is 0 Å². The highest BCUT2D eigenvalue weighted by atomic mass is 32.2. The Kier molecular flexibility index (Phi) is 5.09. The van der Waals surface area contributed by atoms with Gasteiger partial charge in [0.15, 0.2) is 11.6 Å². The summed E-state index contributed by atoms with van der Waals surface area (Å²) in [5, 5.41) is 12.1. The van der Waals surface area contributed by atoms with E-state index in [0.29, 0.717) is 5.69 Å². The van der Waals surface area contributed by atoms with E-state index in [1.807, 2.05) is 6.92 Å². The van der Waals surface area contributed by atoms with Crippen LogP contribution < -0.4 is 10.0 Å². The van der Waals surface area contributed by atoms with Gasteiger partial charge in [0.05, 0.1) is 4.90 Å². The molecule has 7 nitrogen and oxygen atoms in total. The molecule has 2 aromatic carbocycles. The molecule has 1 amide bonds. The molecule has 0 aliphatic heterocycles. The molecule has 138 valence electrons. The van der Waals surface area contributed by atoms with E-state index in [9.17, 15) is 18.3 Å². The number of anilines is 2. The summed E-state index contributed by atoms with van der Waals surface area (Å²) in [6.45, 7) is 1.91. The molecule has 3 aromatic rings. The predicted octanol–water partition coefficient (Wildman–Crippen LogP) is 3.15. The molecule has 3 rings (SSSR count). The molecule has 0 aliphatic carbocycles. The van der Waals surface area contributed by atoms with Gasteiger partial charge in [0.25, 0.3) is 15.9 Å². The fraction of sp³-hybridized carbons (Fsp3) is 0.0526. The summed E-state index contributed by atoms with van der Waals surface area (Å²) in [6.07, 6.45) is 1.43. The summed E-state index contributed by atoms with van der Waals surface area (Å²) in [7, 11) is -3.77. The maximum absolute atomic E-state index is 12.4. The quantitative estimate of drug-likeness (QED) is 0.627. The van der Waals surface area contributed by atoms with E-state index < -0.39 is 15.9 Å². The minimum atomic E-state index is -3.77. The lowest BCUT2D eigenvalue weighted by Gasteiger charge is -2.09. The highest BCUT2D eigenvalue weighted by molar-refractivity contribution is 7.92. The van der Waals surface area contributed by atoms with Crippen LogP contribution >= 0.6 is 0 Å². The van der Waals surface area contributed by atoms with Crippen molar-refractivity contribution in [3.8, 4) is 5.75 Å². The average molecular weight is 383 g/mol. The van der Waals surface area contributed by atoms with E-state index >= 15 is 0 Å². The molecule has 1 heterocycles. The second-order valence-electron chi connectivity index (χ2n) is 5.82. The van der Waals surface area contributed by atoms with Crippen LogP contribution in [0.5, 0.6) is 5.75 Å². The van der Waals surface area contributed by atoms with Gasteiger partial charge in [-0.3, -0.25) is 9.52 Å². The Morgan fingerprint density at radius 3 is 2.30 bits per heavy atom. The molecule has 0 saturated heterocycles. The van der Waals surface area contributed by atoms with Crippen molar-refractivity contribution in [3.05, 3.63) is 78.0 Å². The van der Waals surface area contributed by atoms with Crippen LogP contribution in [-0.2, 0) is 10.0 Å². The summed E-state index contributed by atoms with van der Waals surface area (Å²) in [5.41, 5.74) is 1.70. The van der Waals surface area contributed by atoms with Crippen LogP contribution in [0.4, 0.5) is 11.5 Å². The van der Waals surface area contributed by atoms with Gasteiger partial charge in [-0.1, -0.05) is 17.7 Å². The molecular formula is C19H17N3O4S. The number of hydrogen-bond donors (Lipinski definition) is 3. The lowest BCUT2D eigenvalue weighted by atomic mass is 10.2. The number of nitrogens with zero attached hydrogens (tertiary/aromatic N) is 1. The van der Waals surface area contributed by atoms with Gasteiger partial charge in [-0.15, -0.1) is 0 Å². The fourth-order valence-corrected chi connectivity index (χ4v) is 3.35. The topological polar surface area (TPSA) is 108 Å². The second-order valence-corrected chi connectivity index (χ2v) is 7.50. The smallest absolute Gasteiger partial charge is 0.261 e. The number of aromatic hydroxyl groups is 1. The molecular weight excluding hydrogens is 366 g/mol. The number of carbonyl (C=O) groups is 1. The van der Waals surface area contributed by atoms with Crippen molar-refractivity contribution in [2.75, 3.05) is 10.0 Å². The fourth-order valence-electron chi connectivity index (χ4n) is 2.29. The molecule has 0 unspecified atom stereocenters. The first-order valence-electron chi connectivity index (χ1n) is 8.00. The van der Waals surface area contributed by atoms with Gasteiger partial charge in [-0.05, 0) is 55.5 Å². The van der Waals surface area contributed by atoms with Crippen molar-refractivity contribution < 1.29 is 18.3 Å². The first-order valence-corrected chi connectivity index (χ1v) is 9.48. The van der Waals surface area contributed by atoms with Gasteiger partial charge in [-0.2, -0.15) is 0 Å². The van der Waals surface area contributed by atoms with Crippen molar-refractivity contribution >= 4 is 27.4 Å². The minimum absolute atomic E-state index is 0.0280. The number of aromatic nitrogens is 1. The van der Waals surface area contributed by atoms with E-state index in [1.54, 1.807) is 24.3 Å². The predicted molar refractivity (Wildman–Crippen MR) is 102 cm³/mol. The van der Waals surface area contributed by atoms with Crippen molar-refractivity contribution in [1.29, 1.82) is 0 Å². The molecule has 0 saturated carbocycles. The van der Waals surface area contributed by atoms with Crippen LogP contribution in [0.15, 0.2) is 71.8 Å². The Bertz CT molecular complexity index is 1060. The van der Waals surface area contributed by atoms with E-state index in [4.69, 9.17) is 0 Å². The monoisotopic (exact) mass is 383 g/mol. The SMILES string of the molecule is Cc1ccc(NS(=O)(=O)c2ccc(C(=O)Nc3ncccc3O)cc2)cc1. The van der Waals surface area contributed by atoms with Gasteiger partial charge in [0, 0.05) is 17.4 Å². The maximum Gasteiger partial charge on any atom is 0.261 e. The lowest BCUT2D eigenvalue weighted by molar-refractivity contribution is 0.102. The number of amides is 1. The van der Waals surface area contributed by atoms with Crippen molar-refractivity contribution in [2.24, 2.45) is 0 Å². The number of carbonyl (C=O) groups excluding carboxylic acids is 1. The molecule has 0 bridgehead atoms. The van der Waals surface area contributed by atoms with E-state index in [2.05, 4.69) is 15.0 Å². The van der Waals surface area contributed by atoms with Gasteiger partial charge < -0.3 is 10.4 Å². The molecule has 8 heteroatoms. The standard InChI is InChI=1S/C19H17N3O4S/c1-13-4-8-15(9-5-13)22-27(25,26)16-10-6-14(7-11-16)19(24)21-18-17(23)3-2-12-20-18/h2-12,22-23H,1H3,(H,20,21,24). The summed E-state index contributed by atoms with van der Waals surface area (Å²) in [4.78, 5) is 16.1. The molecule has 0 fully saturated rings. The Morgan fingerprint density at radius 1 is 1.00 bits per heavy atom. The van der Waals surface area contributed by atoms with E-state index in [1.165, 1.54) is 42.6 Å². The van der Waals surface area contributed by atoms with Crippen LogP contribution in [0.2, 0.25) is 0 Å². The Balaban J connectivity index is 1.75. The molecule has 0 aliphatic rings. The number of pyridine rings is 1. The first kappa shape index (κ1) is 18.4. The lowest BCUT2D eigenvalue weighted by Crippen LogP contribution is -2.15. The summed E-state index contributed by atoms with van der Waals surface area (Å²) in [6, 6.07) is 15.3. The maximum atomic E-state index is 12.4. The molecule has 1 aromatic heterocycles. The third-order valence-electron chi connectivity index (χ3n) is 3.75. The zero-order valence-electron chi connectivity index (χ0n) is 14.4. The molecule has 0 atom stereocenters. The third kappa shape index (κ3) is 4.42. The summed E-state index contributed by atoms with van der Waals surface area (Å²) >= 11 is 0. The minimum Gasteiger partial charge on any atom is -0.504 e. The Hall–Kier alpha value is -3.39. The van der Waals surface area contributed by atoms with Gasteiger partial charge in [-0.25, -0.2) is 13.4 Å². The zero-order chi connectivity index (χ0) is 19.4. The number of aryl methyl sites for hydroxylation is 1. The normalized spacial score (nSPS) is 11.0. The number of hydrogen-bond acceptors (Lipinski definition) is 5. The molecule has 0 radical (unpaired) electrons. The third-order valence-corrected chi connectivity index (χ3v) is 5.15. The van der Waals surface area contributed by atoms with Gasteiger partial charge in [0.2, 0.25) is 0 Å². The van der Waals surface area contributed by atoms with Crippen LogP contribution in [0.3, 0.4) is 0 Å². The van der Waals surface area contributed by atoms with Gasteiger partial charge in [0.1, 0.15) is 0 Å². The van der Waals surface area contributed by atoms with Crippen molar-refractivity contribution in [2.45, 2.75) is 11.8 Å². The highest BCUT2D eigenvalue weighted by Gasteiger charge is 2.16. The van der Waals surface area contributed by atoms with E-state index in [0.717, 1.165) is 5.56 Å².